The van der Waals surface area contributed by atoms with Gasteiger partial charge in [-0.25, -0.2) is 12.7 Å². The number of benzene rings is 1. The van der Waals surface area contributed by atoms with Gasteiger partial charge >= 0.3 is 0 Å². The minimum atomic E-state index is -4.03. The molecule has 0 aromatic heterocycles. The van der Waals surface area contributed by atoms with E-state index in [0.717, 1.165) is 3.57 Å². The van der Waals surface area contributed by atoms with Gasteiger partial charge in [0.1, 0.15) is 0 Å². The van der Waals surface area contributed by atoms with Crippen LogP contribution in [0.1, 0.15) is 18.4 Å². The van der Waals surface area contributed by atoms with E-state index < -0.39 is 21.7 Å². The van der Waals surface area contributed by atoms with Crippen LogP contribution in [0.25, 0.3) is 0 Å². The van der Waals surface area contributed by atoms with Crippen LogP contribution in [0.15, 0.2) is 18.2 Å². The molecule has 1 aromatic carbocycles. The second-order valence-corrected chi connectivity index (χ2v) is 6.21. The van der Waals surface area contributed by atoms with Crippen LogP contribution >= 0.6 is 22.6 Å². The van der Waals surface area contributed by atoms with Gasteiger partial charge in [-0.15, -0.1) is 0 Å². The van der Waals surface area contributed by atoms with Crippen LogP contribution in [0.2, 0.25) is 0 Å². The Hall–Kier alpha value is -0.565. The van der Waals surface area contributed by atoms with Crippen LogP contribution in [-0.4, -0.2) is 21.4 Å². The largest absolute Gasteiger partial charge is 0.286 e. The van der Waals surface area contributed by atoms with Crippen molar-refractivity contribution >= 4 is 51.2 Å². The molecule has 1 aromatic rings. The molecule has 1 atom stereocenters. The molecule has 0 saturated heterocycles. The van der Waals surface area contributed by atoms with E-state index in [-0.39, 0.29) is 0 Å². The predicted molar refractivity (Wildman–Crippen MR) is 69.7 cm³/mol. The lowest BCUT2D eigenvalue weighted by Crippen LogP contribution is -2.34. The second-order valence-electron chi connectivity index (χ2n) is 3.57. The first kappa shape index (κ1) is 11.9. The number of anilines is 1. The van der Waals surface area contributed by atoms with Crippen molar-refractivity contribution in [1.82, 2.24) is 0 Å². The van der Waals surface area contributed by atoms with Crippen molar-refractivity contribution in [1.29, 1.82) is 0 Å². The molecule has 16 heavy (non-hydrogen) atoms. The fraction of sp³-hybridized carbons (Fsp3) is 0.222. The average Bonchev–Trinajstić information content (AvgIpc) is 2.40. The highest BCUT2D eigenvalue weighted by Gasteiger charge is 2.39. The Morgan fingerprint density at radius 3 is 2.62 bits per heavy atom. The van der Waals surface area contributed by atoms with Crippen LogP contribution < -0.4 is 4.31 Å². The summed E-state index contributed by atoms with van der Waals surface area (Å²) in [5, 5.41) is 0. The van der Waals surface area contributed by atoms with E-state index in [0.29, 0.717) is 15.6 Å². The van der Waals surface area contributed by atoms with Crippen LogP contribution in [-0.2, 0) is 14.7 Å². The molecular weight excluding hydrogens is 340 g/mol. The number of halogens is 1. The summed E-state index contributed by atoms with van der Waals surface area (Å²) in [5.41, 5.74) is 1.06. The highest BCUT2D eigenvalue weighted by Crippen LogP contribution is 2.39. The summed E-state index contributed by atoms with van der Waals surface area (Å²) >= 11 is 2.11. The van der Waals surface area contributed by atoms with Gasteiger partial charge in [0.05, 0.1) is 11.6 Å². The third-order valence-electron chi connectivity index (χ3n) is 2.50. The summed E-state index contributed by atoms with van der Waals surface area (Å²) in [5.74, 6) is -0.970. The zero-order valence-electron chi connectivity index (χ0n) is 8.34. The number of nitrogens with zero attached hydrogens (tertiary/aromatic N) is 1. The first-order chi connectivity index (χ1) is 7.32. The first-order valence-corrected chi connectivity index (χ1v) is 7.07. The number of fused-ring (bicyclic) bond motifs is 1. The Morgan fingerprint density at radius 2 is 2.06 bits per heavy atom. The number of hydrogen-bond donors (Lipinski definition) is 0. The second kappa shape index (κ2) is 3.73. The van der Waals surface area contributed by atoms with Gasteiger partial charge in [0.25, 0.3) is 7.12 Å². The van der Waals surface area contributed by atoms with Crippen molar-refractivity contribution in [2.24, 2.45) is 0 Å². The maximum Gasteiger partial charge on any atom is 0.286 e. The predicted octanol–water partition coefficient (Wildman–Crippen LogP) is 1.15. The average molecular weight is 347 g/mol. The van der Waals surface area contributed by atoms with Gasteiger partial charge in [-0.3, -0.25) is 4.79 Å². The normalized spacial score (nSPS) is 20.0. The Balaban J connectivity index is 2.68. The molecule has 0 spiro atoms. The van der Waals surface area contributed by atoms with Gasteiger partial charge in [-0.05, 0) is 53.3 Å². The third kappa shape index (κ3) is 1.75. The van der Waals surface area contributed by atoms with Gasteiger partial charge in [0, 0.05) is 3.57 Å². The number of carbonyl (C=O) groups excluding carboxylic acids is 1. The van der Waals surface area contributed by atoms with Crippen molar-refractivity contribution in [3.8, 4) is 0 Å². The van der Waals surface area contributed by atoms with E-state index in [9.17, 15) is 13.2 Å². The first-order valence-electron chi connectivity index (χ1n) is 4.48. The molecule has 0 saturated carbocycles. The van der Waals surface area contributed by atoms with Crippen molar-refractivity contribution < 1.29 is 13.2 Å². The van der Waals surface area contributed by atoms with Gasteiger partial charge in [0.15, 0.2) is 9.87 Å². The van der Waals surface area contributed by atoms with Crippen LogP contribution in [0.4, 0.5) is 5.69 Å². The van der Waals surface area contributed by atoms with Crippen LogP contribution in [0.5, 0.6) is 0 Å². The van der Waals surface area contributed by atoms with E-state index in [4.69, 9.17) is 7.12 Å². The van der Waals surface area contributed by atoms with E-state index in [1.807, 2.05) is 0 Å². The molecule has 0 N–H and O–H groups in total. The fourth-order valence-electron chi connectivity index (χ4n) is 1.75. The summed E-state index contributed by atoms with van der Waals surface area (Å²) in [6.07, 6.45) is 0. The molecular formula is C9H7BINO3S. The van der Waals surface area contributed by atoms with Crippen molar-refractivity contribution in [2.45, 2.75) is 12.8 Å². The van der Waals surface area contributed by atoms with E-state index >= 15 is 0 Å². The number of hydrogen-bond acceptors (Lipinski definition) is 3. The summed E-state index contributed by atoms with van der Waals surface area (Å²) < 4.78 is 24.3. The summed E-state index contributed by atoms with van der Waals surface area (Å²) in [6, 6.07) is 5.13. The maximum atomic E-state index is 11.8. The number of rotatable bonds is 1. The molecule has 1 aliphatic rings. The molecule has 1 unspecified atom stereocenters. The molecule has 0 fully saturated rings. The van der Waals surface area contributed by atoms with E-state index in [1.54, 1.807) is 25.1 Å². The number of amides is 1. The van der Waals surface area contributed by atoms with Gasteiger partial charge in [-0.1, -0.05) is 0 Å². The highest BCUT2D eigenvalue weighted by atomic mass is 127. The van der Waals surface area contributed by atoms with E-state index in [2.05, 4.69) is 22.6 Å². The Kier molecular flexibility index (Phi) is 2.77. The lowest BCUT2D eigenvalue weighted by atomic mass is 10.0. The fourth-order valence-corrected chi connectivity index (χ4v) is 3.11. The monoisotopic (exact) mass is 347 g/mol. The lowest BCUT2D eigenvalue weighted by Gasteiger charge is -2.15. The summed E-state index contributed by atoms with van der Waals surface area (Å²) in [6.45, 7) is 1.67. The molecule has 4 nitrogen and oxygen atoms in total. The van der Waals surface area contributed by atoms with Crippen LogP contribution in [0.3, 0.4) is 0 Å². The molecule has 2 rings (SSSR count). The SMILES string of the molecule is [B]S(=O)(=O)N1C(=O)C(C)c2cc(I)ccc21. The molecule has 2 radical (unpaired) electrons. The lowest BCUT2D eigenvalue weighted by molar-refractivity contribution is -0.117. The Morgan fingerprint density at radius 1 is 1.44 bits per heavy atom. The quantitative estimate of drug-likeness (QED) is 0.566. The zero-order chi connectivity index (χ0) is 12.1. The van der Waals surface area contributed by atoms with Gasteiger partial charge in [0.2, 0.25) is 5.91 Å². The van der Waals surface area contributed by atoms with Crippen molar-refractivity contribution in [3.63, 3.8) is 0 Å². The standard InChI is InChI=1S/C9H7BINO3S/c1-5-7-4-6(11)2-3-8(7)12(9(5)13)16(10,14)15/h2-5H,1H3. The zero-order valence-corrected chi connectivity index (χ0v) is 11.3. The molecule has 1 heterocycles. The molecule has 0 bridgehead atoms. The van der Waals surface area contributed by atoms with E-state index in [1.165, 1.54) is 0 Å². The molecule has 0 aliphatic carbocycles. The maximum absolute atomic E-state index is 11.8. The Bertz CT molecular complexity index is 572. The minimum Gasteiger partial charge on any atom is -0.273 e. The number of carbonyl (C=O) groups is 1. The highest BCUT2D eigenvalue weighted by molar-refractivity contribution is 14.1. The topological polar surface area (TPSA) is 54.5 Å². The van der Waals surface area contributed by atoms with Gasteiger partial charge < -0.3 is 0 Å². The van der Waals surface area contributed by atoms with Crippen molar-refractivity contribution in [3.05, 3.63) is 27.3 Å². The molecule has 1 aliphatic heterocycles. The smallest absolute Gasteiger partial charge is 0.273 e. The molecule has 1 amide bonds. The third-order valence-corrected chi connectivity index (χ3v) is 4.06. The van der Waals surface area contributed by atoms with Crippen molar-refractivity contribution in [2.75, 3.05) is 4.31 Å². The Labute approximate surface area is 109 Å². The summed E-state index contributed by atoms with van der Waals surface area (Å²) in [4.78, 5) is 11.8. The molecule has 82 valence electrons. The van der Waals surface area contributed by atoms with Crippen LogP contribution in [0, 0.1) is 3.57 Å². The molecule has 7 heteroatoms. The van der Waals surface area contributed by atoms with Gasteiger partial charge in [-0.2, -0.15) is 0 Å². The minimum absolute atomic E-state index is 0.361. The summed E-state index contributed by atoms with van der Waals surface area (Å²) in [7, 11) is 0.992.